The number of urea groups is 1. The third kappa shape index (κ3) is 4.73. The largest absolute Gasteiger partial charge is 0.481 e. The van der Waals surface area contributed by atoms with Crippen LogP contribution in [0, 0.1) is 5.82 Å². The van der Waals surface area contributed by atoms with Crippen molar-refractivity contribution in [3.63, 3.8) is 0 Å². The van der Waals surface area contributed by atoms with E-state index in [9.17, 15) is 18.8 Å². The number of benzene rings is 1. The van der Waals surface area contributed by atoms with E-state index in [1.807, 2.05) is 5.32 Å². The Morgan fingerprint density at radius 1 is 1.30 bits per heavy atom. The second-order valence-corrected chi connectivity index (χ2v) is 4.12. The molecule has 0 saturated carbocycles. The van der Waals surface area contributed by atoms with E-state index in [0.29, 0.717) is 0 Å². The van der Waals surface area contributed by atoms with E-state index in [4.69, 9.17) is 21.8 Å². The van der Waals surface area contributed by atoms with Crippen LogP contribution in [0.1, 0.15) is 6.42 Å². The summed E-state index contributed by atoms with van der Waals surface area (Å²) >= 11 is 5.66. The van der Waals surface area contributed by atoms with Crippen LogP contribution in [0.5, 0.6) is 0 Å². The van der Waals surface area contributed by atoms with Crippen LogP contribution in [0.4, 0.5) is 14.9 Å². The van der Waals surface area contributed by atoms with Crippen molar-refractivity contribution in [2.75, 3.05) is 5.32 Å². The lowest BCUT2D eigenvalue weighted by Gasteiger charge is -2.13. The lowest BCUT2D eigenvalue weighted by atomic mass is 10.2. The van der Waals surface area contributed by atoms with Gasteiger partial charge in [0.25, 0.3) is 0 Å². The number of rotatable bonds is 5. The summed E-state index contributed by atoms with van der Waals surface area (Å²) in [6.45, 7) is 0. The molecule has 0 radical (unpaired) electrons. The minimum Gasteiger partial charge on any atom is -0.481 e. The monoisotopic (exact) mass is 304 g/mol. The summed E-state index contributed by atoms with van der Waals surface area (Å²) in [7, 11) is 0. The normalized spacial score (nSPS) is 11.5. The molecule has 1 rings (SSSR count). The average Bonchev–Trinajstić information content (AvgIpc) is 2.31. The third-order valence-electron chi connectivity index (χ3n) is 2.16. The maximum atomic E-state index is 12.8. The molecule has 0 fully saturated rings. The Morgan fingerprint density at radius 3 is 2.45 bits per heavy atom. The Balaban J connectivity index is 2.70. The summed E-state index contributed by atoms with van der Waals surface area (Å²) < 4.78 is 12.8. The van der Waals surface area contributed by atoms with Gasteiger partial charge < -0.3 is 20.8 Å². The Morgan fingerprint density at radius 2 is 1.95 bits per heavy atom. The van der Waals surface area contributed by atoms with Crippen molar-refractivity contribution in [3.8, 4) is 0 Å². The van der Waals surface area contributed by atoms with Gasteiger partial charge in [-0.2, -0.15) is 0 Å². The fourth-order valence-corrected chi connectivity index (χ4v) is 1.50. The fourth-order valence-electron chi connectivity index (χ4n) is 1.28. The molecule has 1 aromatic carbocycles. The van der Waals surface area contributed by atoms with E-state index < -0.39 is 36.2 Å². The third-order valence-corrected chi connectivity index (χ3v) is 2.47. The molecular formula is C11H10ClFN2O5. The molecule has 2 amide bonds. The number of carboxylic acids is 2. The number of amides is 2. The molecule has 4 N–H and O–H groups in total. The molecule has 0 spiro atoms. The molecule has 108 valence electrons. The van der Waals surface area contributed by atoms with Crippen molar-refractivity contribution in [1.82, 2.24) is 5.32 Å². The zero-order chi connectivity index (χ0) is 15.3. The van der Waals surface area contributed by atoms with Crippen molar-refractivity contribution >= 4 is 35.3 Å². The number of hydrogen-bond donors (Lipinski definition) is 4. The predicted octanol–water partition coefficient (Wildman–Crippen LogP) is 1.53. The molecule has 0 heterocycles. The highest BCUT2D eigenvalue weighted by molar-refractivity contribution is 6.33. The summed E-state index contributed by atoms with van der Waals surface area (Å²) in [5.41, 5.74) is 0.0602. The second kappa shape index (κ2) is 6.71. The van der Waals surface area contributed by atoms with Gasteiger partial charge in [0, 0.05) is 0 Å². The number of hydrogen-bond acceptors (Lipinski definition) is 3. The first kappa shape index (κ1) is 15.7. The van der Waals surface area contributed by atoms with Crippen molar-refractivity contribution < 1.29 is 29.0 Å². The number of nitrogens with one attached hydrogen (secondary N) is 2. The van der Waals surface area contributed by atoms with Crippen LogP contribution in [0.25, 0.3) is 0 Å². The van der Waals surface area contributed by atoms with Gasteiger partial charge in [0.15, 0.2) is 0 Å². The van der Waals surface area contributed by atoms with E-state index in [2.05, 4.69) is 5.32 Å². The number of carbonyl (C=O) groups is 3. The molecule has 9 heteroatoms. The number of halogens is 2. The van der Waals surface area contributed by atoms with E-state index in [1.54, 1.807) is 0 Å². The summed E-state index contributed by atoms with van der Waals surface area (Å²) in [6, 6.07) is 0.639. The summed E-state index contributed by atoms with van der Waals surface area (Å²) in [6.07, 6.45) is -0.778. The second-order valence-electron chi connectivity index (χ2n) is 3.71. The van der Waals surface area contributed by atoms with Gasteiger partial charge >= 0.3 is 18.0 Å². The van der Waals surface area contributed by atoms with Crippen molar-refractivity contribution in [1.29, 1.82) is 0 Å². The highest BCUT2D eigenvalue weighted by Crippen LogP contribution is 2.22. The Labute approximate surface area is 117 Å². The summed E-state index contributed by atoms with van der Waals surface area (Å²) in [5.74, 6) is -3.47. The molecule has 1 aromatic rings. The summed E-state index contributed by atoms with van der Waals surface area (Å²) in [5, 5.41) is 21.3. The molecule has 0 saturated heterocycles. The van der Waals surface area contributed by atoms with E-state index >= 15 is 0 Å². The predicted molar refractivity (Wildman–Crippen MR) is 67.2 cm³/mol. The van der Waals surface area contributed by atoms with Crippen LogP contribution in [0.2, 0.25) is 5.02 Å². The van der Waals surface area contributed by atoms with Crippen molar-refractivity contribution in [2.45, 2.75) is 12.5 Å². The molecule has 20 heavy (non-hydrogen) atoms. The maximum absolute atomic E-state index is 12.8. The summed E-state index contributed by atoms with van der Waals surface area (Å²) in [4.78, 5) is 32.7. The zero-order valence-corrected chi connectivity index (χ0v) is 10.6. The maximum Gasteiger partial charge on any atom is 0.326 e. The number of carboxylic acid groups (broad SMARTS) is 2. The molecule has 1 atom stereocenters. The van der Waals surface area contributed by atoms with Gasteiger partial charge in [-0.15, -0.1) is 0 Å². The Kier molecular flexibility index (Phi) is 5.27. The van der Waals surface area contributed by atoms with Crippen LogP contribution in [0.3, 0.4) is 0 Å². The highest BCUT2D eigenvalue weighted by atomic mass is 35.5. The zero-order valence-electron chi connectivity index (χ0n) is 9.89. The molecule has 0 aliphatic heterocycles. The minimum atomic E-state index is -1.59. The smallest absolute Gasteiger partial charge is 0.326 e. The SMILES string of the molecule is O=C(O)C[C@H](NC(=O)Nc1ccc(F)cc1Cl)C(=O)O. The minimum absolute atomic E-state index is 0.0602. The lowest BCUT2D eigenvalue weighted by molar-refractivity contribution is -0.145. The molecule has 0 aromatic heterocycles. The first-order valence-electron chi connectivity index (χ1n) is 5.26. The standard InChI is InChI=1S/C11H10ClFN2O5/c12-6-3-5(13)1-2-7(6)14-11(20)15-8(10(18)19)4-9(16)17/h1-3,8H,4H2,(H,16,17)(H,18,19)(H2,14,15,20)/t8-/m0/s1. The molecule has 7 nitrogen and oxygen atoms in total. The molecular weight excluding hydrogens is 295 g/mol. The van der Waals surface area contributed by atoms with Crippen molar-refractivity contribution in [3.05, 3.63) is 29.0 Å². The van der Waals surface area contributed by atoms with Crippen LogP contribution in [0.15, 0.2) is 18.2 Å². The Hall–Kier alpha value is -2.35. The first-order valence-corrected chi connectivity index (χ1v) is 5.64. The van der Waals surface area contributed by atoms with Gasteiger partial charge in [-0.25, -0.2) is 14.0 Å². The molecule has 0 aliphatic rings. The highest BCUT2D eigenvalue weighted by Gasteiger charge is 2.23. The van der Waals surface area contributed by atoms with Crippen LogP contribution < -0.4 is 10.6 Å². The number of aliphatic carboxylic acids is 2. The number of carbonyl (C=O) groups excluding carboxylic acids is 1. The first-order chi connectivity index (χ1) is 9.29. The molecule has 0 bridgehead atoms. The van der Waals surface area contributed by atoms with Gasteiger partial charge in [0.05, 0.1) is 17.1 Å². The van der Waals surface area contributed by atoms with E-state index in [0.717, 1.165) is 12.1 Å². The topological polar surface area (TPSA) is 116 Å². The lowest BCUT2D eigenvalue weighted by Crippen LogP contribution is -2.44. The van der Waals surface area contributed by atoms with Gasteiger partial charge in [0.2, 0.25) is 0 Å². The Bertz CT molecular complexity index is 552. The number of anilines is 1. The average molecular weight is 305 g/mol. The van der Waals surface area contributed by atoms with E-state index in [1.165, 1.54) is 6.07 Å². The van der Waals surface area contributed by atoms with Crippen LogP contribution >= 0.6 is 11.6 Å². The van der Waals surface area contributed by atoms with Gasteiger partial charge in [-0.1, -0.05) is 11.6 Å². The van der Waals surface area contributed by atoms with Gasteiger partial charge in [0.1, 0.15) is 11.9 Å². The van der Waals surface area contributed by atoms with Gasteiger partial charge in [-0.05, 0) is 18.2 Å². The van der Waals surface area contributed by atoms with Crippen LogP contribution in [-0.4, -0.2) is 34.2 Å². The van der Waals surface area contributed by atoms with E-state index in [-0.39, 0.29) is 10.7 Å². The van der Waals surface area contributed by atoms with Crippen molar-refractivity contribution in [2.24, 2.45) is 0 Å². The van der Waals surface area contributed by atoms with Crippen LogP contribution in [-0.2, 0) is 9.59 Å². The molecule has 0 unspecified atom stereocenters. The van der Waals surface area contributed by atoms with Gasteiger partial charge in [-0.3, -0.25) is 4.79 Å². The molecule has 0 aliphatic carbocycles. The quantitative estimate of drug-likeness (QED) is 0.658. The fraction of sp³-hybridized carbons (Fsp3) is 0.182.